The minimum atomic E-state index is -1.10. The van der Waals surface area contributed by atoms with Gasteiger partial charge in [0.2, 0.25) is 6.79 Å². The lowest BCUT2D eigenvalue weighted by Gasteiger charge is -2.21. The second-order valence-electron chi connectivity index (χ2n) is 7.16. The van der Waals surface area contributed by atoms with Crippen LogP contribution >= 0.6 is 24.0 Å². The van der Waals surface area contributed by atoms with E-state index in [9.17, 15) is 5.11 Å². The van der Waals surface area contributed by atoms with Gasteiger partial charge in [-0.05, 0) is 57.9 Å². The molecule has 1 atom stereocenters. The Kier molecular flexibility index (Phi) is 8.21. The molecular weight excluding hydrogens is 485 g/mol. The van der Waals surface area contributed by atoms with Crippen molar-refractivity contribution >= 4 is 29.9 Å². The molecule has 0 saturated heterocycles. The number of nitrogens with one attached hydrogen (secondary N) is 2. The first-order valence-corrected chi connectivity index (χ1v) is 9.59. The zero-order chi connectivity index (χ0) is 20.1. The average molecular weight is 515 g/mol. The van der Waals surface area contributed by atoms with E-state index in [-0.39, 0.29) is 37.3 Å². The van der Waals surface area contributed by atoms with Gasteiger partial charge in [0, 0.05) is 18.7 Å². The molecule has 0 fully saturated rings. The number of aliphatic hydroxyl groups is 1. The van der Waals surface area contributed by atoms with Crippen molar-refractivity contribution in [3.63, 3.8) is 0 Å². The molecular formula is C21H30IN3O4. The number of halogens is 1. The lowest BCUT2D eigenvalue weighted by molar-refractivity contribution is 0.0657. The number of ether oxygens (including phenoxy) is 2. The highest BCUT2D eigenvalue weighted by Crippen LogP contribution is 2.32. The van der Waals surface area contributed by atoms with Crippen molar-refractivity contribution in [3.05, 3.63) is 46.9 Å². The summed E-state index contributed by atoms with van der Waals surface area (Å²) < 4.78 is 16.3. The molecule has 1 aromatic heterocycles. The first-order valence-electron chi connectivity index (χ1n) is 9.59. The van der Waals surface area contributed by atoms with Gasteiger partial charge in [-0.15, -0.1) is 24.0 Å². The highest BCUT2D eigenvalue weighted by molar-refractivity contribution is 14.0. The largest absolute Gasteiger partial charge is 0.466 e. The van der Waals surface area contributed by atoms with Crippen LogP contribution < -0.4 is 20.1 Å². The van der Waals surface area contributed by atoms with Crippen molar-refractivity contribution in [2.75, 3.05) is 26.4 Å². The van der Waals surface area contributed by atoms with E-state index in [1.807, 2.05) is 45.0 Å². The van der Waals surface area contributed by atoms with Crippen molar-refractivity contribution in [2.24, 2.45) is 4.99 Å². The van der Waals surface area contributed by atoms with Crippen molar-refractivity contribution in [1.82, 2.24) is 10.6 Å². The third-order valence-corrected chi connectivity index (χ3v) is 4.65. The van der Waals surface area contributed by atoms with Gasteiger partial charge in [0.1, 0.15) is 17.1 Å². The normalized spacial score (nSPS) is 14.9. The molecule has 0 spiro atoms. The summed E-state index contributed by atoms with van der Waals surface area (Å²) in [4.78, 5) is 4.56. The Morgan fingerprint density at radius 2 is 1.93 bits per heavy atom. The SMILES string of the molecule is CCNC(=NCC(C)(O)c1cc(C)oc1C)NCCc1ccc2c(c1)OCO2.I. The number of aliphatic imine (C=N–C) groups is 1. The van der Waals surface area contributed by atoms with Crippen LogP contribution in [0.2, 0.25) is 0 Å². The minimum absolute atomic E-state index is 0. The Balaban J connectivity index is 0.00000300. The summed E-state index contributed by atoms with van der Waals surface area (Å²) in [7, 11) is 0. The summed E-state index contributed by atoms with van der Waals surface area (Å²) in [6, 6.07) is 7.84. The van der Waals surface area contributed by atoms with Gasteiger partial charge in [-0.3, -0.25) is 0 Å². The van der Waals surface area contributed by atoms with Crippen LogP contribution in [0.25, 0.3) is 0 Å². The summed E-state index contributed by atoms with van der Waals surface area (Å²) in [6.45, 7) is 9.45. The molecule has 3 N–H and O–H groups in total. The fraction of sp³-hybridized carbons (Fsp3) is 0.476. The van der Waals surface area contributed by atoms with Crippen LogP contribution in [-0.2, 0) is 12.0 Å². The molecule has 8 heteroatoms. The average Bonchev–Trinajstić information content (AvgIpc) is 3.25. The van der Waals surface area contributed by atoms with Crippen LogP contribution in [0.1, 0.15) is 36.5 Å². The lowest BCUT2D eigenvalue weighted by Crippen LogP contribution is -2.39. The van der Waals surface area contributed by atoms with Crippen molar-refractivity contribution < 1.29 is 19.0 Å². The quantitative estimate of drug-likeness (QED) is 0.298. The summed E-state index contributed by atoms with van der Waals surface area (Å²) >= 11 is 0. The Bertz CT molecular complexity index is 848. The number of furan rings is 1. The Morgan fingerprint density at radius 3 is 2.62 bits per heavy atom. The second-order valence-corrected chi connectivity index (χ2v) is 7.16. The molecule has 29 heavy (non-hydrogen) atoms. The van der Waals surface area contributed by atoms with E-state index in [0.29, 0.717) is 12.5 Å². The predicted molar refractivity (Wildman–Crippen MR) is 123 cm³/mol. The minimum Gasteiger partial charge on any atom is -0.466 e. The van der Waals surface area contributed by atoms with E-state index in [2.05, 4.69) is 15.6 Å². The van der Waals surface area contributed by atoms with Gasteiger partial charge < -0.3 is 29.6 Å². The summed E-state index contributed by atoms with van der Waals surface area (Å²) in [5, 5.41) is 17.4. The first-order chi connectivity index (χ1) is 13.4. The number of nitrogens with zero attached hydrogens (tertiary/aromatic N) is 1. The van der Waals surface area contributed by atoms with Crippen molar-refractivity contribution in [2.45, 2.75) is 39.7 Å². The highest BCUT2D eigenvalue weighted by atomic mass is 127. The van der Waals surface area contributed by atoms with Crippen LogP contribution in [0.4, 0.5) is 0 Å². The Morgan fingerprint density at radius 1 is 1.17 bits per heavy atom. The Labute approximate surface area is 188 Å². The molecule has 1 unspecified atom stereocenters. The topological polar surface area (TPSA) is 88.3 Å². The van der Waals surface area contributed by atoms with Gasteiger partial charge in [0.25, 0.3) is 0 Å². The summed E-state index contributed by atoms with van der Waals surface area (Å²) in [6.07, 6.45) is 0.817. The molecule has 0 bridgehead atoms. The smallest absolute Gasteiger partial charge is 0.231 e. The van der Waals surface area contributed by atoms with Crippen LogP contribution in [0.5, 0.6) is 11.5 Å². The summed E-state index contributed by atoms with van der Waals surface area (Å²) in [5.41, 5.74) is 0.829. The molecule has 160 valence electrons. The van der Waals surface area contributed by atoms with E-state index >= 15 is 0 Å². The van der Waals surface area contributed by atoms with E-state index in [1.165, 1.54) is 0 Å². The van der Waals surface area contributed by atoms with E-state index < -0.39 is 5.60 Å². The van der Waals surface area contributed by atoms with Gasteiger partial charge >= 0.3 is 0 Å². The zero-order valence-electron chi connectivity index (χ0n) is 17.4. The van der Waals surface area contributed by atoms with Crippen LogP contribution in [0, 0.1) is 13.8 Å². The maximum atomic E-state index is 10.8. The molecule has 1 aliphatic heterocycles. The molecule has 2 heterocycles. The third-order valence-electron chi connectivity index (χ3n) is 4.65. The van der Waals surface area contributed by atoms with Gasteiger partial charge in [-0.1, -0.05) is 6.07 Å². The lowest BCUT2D eigenvalue weighted by atomic mass is 9.96. The maximum Gasteiger partial charge on any atom is 0.231 e. The molecule has 3 rings (SSSR count). The van der Waals surface area contributed by atoms with Crippen molar-refractivity contribution in [3.8, 4) is 11.5 Å². The number of fused-ring (bicyclic) bond motifs is 1. The molecule has 1 aliphatic rings. The van der Waals surface area contributed by atoms with Gasteiger partial charge in [-0.25, -0.2) is 4.99 Å². The standard InChI is InChI=1S/C21H29N3O4.HI/c1-5-22-20(24-12-21(4,25)17-10-14(2)28-15(17)3)23-9-8-16-6-7-18-19(11-16)27-13-26-18;/h6-7,10-11,25H,5,8-9,12-13H2,1-4H3,(H2,22,23,24);1H. The van der Waals surface area contributed by atoms with Gasteiger partial charge in [0.05, 0.1) is 6.54 Å². The molecule has 1 aromatic carbocycles. The number of hydrogen-bond donors (Lipinski definition) is 3. The van der Waals surface area contributed by atoms with Gasteiger partial charge in [0.15, 0.2) is 17.5 Å². The van der Waals surface area contributed by atoms with Crippen LogP contribution in [0.15, 0.2) is 33.7 Å². The number of guanidine groups is 1. The molecule has 0 aliphatic carbocycles. The number of aryl methyl sites for hydroxylation is 2. The number of rotatable bonds is 7. The fourth-order valence-electron chi connectivity index (χ4n) is 3.25. The monoisotopic (exact) mass is 515 g/mol. The molecule has 2 aromatic rings. The predicted octanol–water partition coefficient (Wildman–Crippen LogP) is 3.25. The van der Waals surface area contributed by atoms with E-state index in [0.717, 1.165) is 47.1 Å². The molecule has 0 amide bonds. The maximum absolute atomic E-state index is 10.8. The molecule has 7 nitrogen and oxygen atoms in total. The fourth-order valence-corrected chi connectivity index (χ4v) is 3.25. The van der Waals surface area contributed by atoms with Crippen molar-refractivity contribution in [1.29, 1.82) is 0 Å². The number of benzene rings is 1. The van der Waals surface area contributed by atoms with E-state index in [4.69, 9.17) is 13.9 Å². The van der Waals surface area contributed by atoms with Gasteiger partial charge in [-0.2, -0.15) is 0 Å². The third kappa shape index (κ3) is 6.02. The number of hydrogen-bond acceptors (Lipinski definition) is 5. The van der Waals surface area contributed by atoms with Crippen LogP contribution in [0.3, 0.4) is 0 Å². The van der Waals surface area contributed by atoms with E-state index in [1.54, 1.807) is 6.92 Å². The summed E-state index contributed by atoms with van der Waals surface area (Å²) in [5.74, 6) is 3.75. The Hall–Kier alpha value is -1.94. The van der Waals surface area contributed by atoms with Crippen LogP contribution in [-0.4, -0.2) is 37.5 Å². The zero-order valence-corrected chi connectivity index (χ0v) is 19.7. The molecule has 0 saturated carbocycles. The highest BCUT2D eigenvalue weighted by Gasteiger charge is 2.27. The second kappa shape index (κ2) is 10.2. The first kappa shape index (κ1) is 23.3. The molecule has 0 radical (unpaired) electrons.